The molecule has 32 heavy (non-hydrogen) atoms. The second-order valence-electron chi connectivity index (χ2n) is 7.47. The molecule has 10 nitrogen and oxygen atoms in total. The van der Waals surface area contributed by atoms with Crippen LogP contribution in [-0.2, 0) is 23.8 Å². The Kier molecular flexibility index (Phi) is 8.72. The number of imide groups is 2. The smallest absolute Gasteiger partial charge is 0.262 e. The van der Waals surface area contributed by atoms with Crippen LogP contribution in [0.5, 0.6) is 0 Å². The van der Waals surface area contributed by atoms with Gasteiger partial charge in [-0.1, -0.05) is 6.92 Å². The van der Waals surface area contributed by atoms with Gasteiger partial charge in [-0.05, 0) is 31.0 Å². The van der Waals surface area contributed by atoms with E-state index in [2.05, 4.69) is 17.6 Å². The summed E-state index contributed by atoms with van der Waals surface area (Å²) in [4.78, 5) is 49.9. The number of carbonyl (C=O) groups is 4. The molecule has 2 aliphatic heterocycles. The highest BCUT2D eigenvalue weighted by Gasteiger charge is 2.44. The van der Waals surface area contributed by atoms with Gasteiger partial charge in [0.15, 0.2) is 0 Å². The predicted octanol–water partition coefficient (Wildman–Crippen LogP) is 0.960. The van der Waals surface area contributed by atoms with Gasteiger partial charge in [-0.15, -0.1) is 0 Å². The Bertz CT molecular complexity index is 858. The number of nitrogens with one attached hydrogen (secondary N) is 2. The number of amides is 4. The van der Waals surface area contributed by atoms with Gasteiger partial charge < -0.3 is 19.5 Å². The Morgan fingerprint density at radius 1 is 0.938 bits per heavy atom. The third-order valence-corrected chi connectivity index (χ3v) is 5.11. The van der Waals surface area contributed by atoms with Gasteiger partial charge in [0.1, 0.15) is 6.04 Å². The van der Waals surface area contributed by atoms with Crippen LogP contribution in [0.25, 0.3) is 0 Å². The van der Waals surface area contributed by atoms with Crippen LogP contribution in [0.4, 0.5) is 5.69 Å². The zero-order valence-electron chi connectivity index (χ0n) is 18.2. The second-order valence-corrected chi connectivity index (χ2v) is 7.47. The number of benzene rings is 1. The first kappa shape index (κ1) is 23.8. The Morgan fingerprint density at radius 3 is 2.28 bits per heavy atom. The van der Waals surface area contributed by atoms with Gasteiger partial charge in [-0.25, -0.2) is 0 Å². The topological polar surface area (TPSA) is 123 Å². The summed E-state index contributed by atoms with van der Waals surface area (Å²) in [5, 5.41) is 5.34. The van der Waals surface area contributed by atoms with Crippen molar-refractivity contribution in [3.8, 4) is 0 Å². The van der Waals surface area contributed by atoms with E-state index in [1.54, 1.807) is 18.2 Å². The molecule has 0 aromatic heterocycles. The highest BCUT2D eigenvalue weighted by Crippen LogP contribution is 2.29. The molecule has 0 spiro atoms. The maximum atomic E-state index is 12.8. The van der Waals surface area contributed by atoms with Gasteiger partial charge in [0.05, 0.1) is 44.2 Å². The summed E-state index contributed by atoms with van der Waals surface area (Å²) < 4.78 is 16.2. The van der Waals surface area contributed by atoms with Crippen molar-refractivity contribution in [2.24, 2.45) is 0 Å². The number of piperidine rings is 1. The van der Waals surface area contributed by atoms with Crippen molar-refractivity contribution < 1.29 is 33.4 Å². The fourth-order valence-electron chi connectivity index (χ4n) is 3.53. The van der Waals surface area contributed by atoms with Crippen LogP contribution >= 0.6 is 0 Å². The summed E-state index contributed by atoms with van der Waals surface area (Å²) in [6.07, 6.45) is 1.21. The summed E-state index contributed by atoms with van der Waals surface area (Å²) in [7, 11) is 0. The van der Waals surface area contributed by atoms with Crippen LogP contribution in [0.2, 0.25) is 0 Å². The van der Waals surface area contributed by atoms with Crippen molar-refractivity contribution in [1.82, 2.24) is 10.2 Å². The number of hydrogen-bond donors (Lipinski definition) is 2. The molecule has 1 aromatic rings. The number of rotatable bonds is 13. The van der Waals surface area contributed by atoms with Crippen molar-refractivity contribution in [1.29, 1.82) is 0 Å². The molecule has 4 amide bonds. The normalized spacial score (nSPS) is 18.2. The molecular formula is C22H29N3O7. The van der Waals surface area contributed by atoms with Gasteiger partial charge in [-0.3, -0.25) is 29.4 Å². The largest absolute Gasteiger partial charge is 0.383 e. The average molecular weight is 447 g/mol. The fourth-order valence-corrected chi connectivity index (χ4v) is 3.53. The number of ether oxygens (including phenoxy) is 3. The molecule has 174 valence electrons. The van der Waals surface area contributed by atoms with Crippen LogP contribution in [0.1, 0.15) is 46.9 Å². The van der Waals surface area contributed by atoms with Gasteiger partial charge >= 0.3 is 0 Å². The van der Waals surface area contributed by atoms with Crippen LogP contribution in [0.3, 0.4) is 0 Å². The third kappa shape index (κ3) is 5.90. The molecule has 3 rings (SSSR count). The minimum absolute atomic E-state index is 0.0916. The maximum absolute atomic E-state index is 12.8. The molecular weight excluding hydrogens is 418 g/mol. The summed E-state index contributed by atoms with van der Waals surface area (Å²) in [5.41, 5.74) is 1.16. The van der Waals surface area contributed by atoms with Crippen LogP contribution in [-0.4, -0.2) is 80.8 Å². The molecule has 10 heteroatoms. The molecule has 0 saturated carbocycles. The van der Waals surface area contributed by atoms with Gasteiger partial charge in [0.2, 0.25) is 11.8 Å². The molecule has 1 aromatic carbocycles. The summed E-state index contributed by atoms with van der Waals surface area (Å²) in [6.45, 7) is 5.82. The minimum atomic E-state index is -0.967. The number of carbonyl (C=O) groups excluding carboxylic acids is 4. The number of nitrogens with zero attached hydrogens (tertiary/aromatic N) is 1. The summed E-state index contributed by atoms with van der Waals surface area (Å²) in [5.74, 6) is -2.07. The quantitative estimate of drug-likeness (QED) is 0.339. The van der Waals surface area contributed by atoms with E-state index in [0.29, 0.717) is 45.3 Å². The third-order valence-electron chi connectivity index (χ3n) is 5.11. The molecule has 1 fully saturated rings. The first-order valence-electron chi connectivity index (χ1n) is 10.9. The van der Waals surface area contributed by atoms with Crippen molar-refractivity contribution in [3.63, 3.8) is 0 Å². The minimum Gasteiger partial charge on any atom is -0.383 e. The Labute approximate surface area is 186 Å². The SMILES string of the molecule is CCCOCCOCCOCCNc1ccc2c(c1)C(=O)N(C1CCC(=O)NC1=O)C2=O. The van der Waals surface area contributed by atoms with Gasteiger partial charge in [0.25, 0.3) is 11.8 Å². The summed E-state index contributed by atoms with van der Waals surface area (Å²) >= 11 is 0. The van der Waals surface area contributed by atoms with Crippen LogP contribution in [0.15, 0.2) is 18.2 Å². The molecule has 1 saturated heterocycles. The Balaban J connectivity index is 1.42. The zero-order chi connectivity index (χ0) is 22.9. The van der Waals surface area contributed by atoms with E-state index in [0.717, 1.165) is 17.9 Å². The first-order chi connectivity index (χ1) is 15.5. The molecule has 0 radical (unpaired) electrons. The highest BCUT2D eigenvalue weighted by molar-refractivity contribution is 6.23. The lowest BCUT2D eigenvalue weighted by Gasteiger charge is -2.27. The van der Waals surface area contributed by atoms with E-state index in [9.17, 15) is 19.2 Å². The second kappa shape index (κ2) is 11.7. The standard InChI is InChI=1S/C22H29N3O7/c1-2-8-30-10-12-32-13-11-31-9-7-23-15-3-4-16-17(14-15)22(29)25(21(16)28)18-5-6-19(26)24-20(18)27/h3-4,14,18,23H,2,5-13H2,1H3,(H,24,26,27). The summed E-state index contributed by atoms with van der Waals surface area (Å²) in [6, 6.07) is 3.91. The van der Waals surface area contributed by atoms with E-state index in [4.69, 9.17) is 14.2 Å². The zero-order valence-corrected chi connectivity index (χ0v) is 18.2. The van der Waals surface area contributed by atoms with Crippen molar-refractivity contribution in [2.75, 3.05) is 51.5 Å². The molecule has 2 aliphatic rings. The lowest BCUT2D eigenvalue weighted by atomic mass is 10.0. The molecule has 0 aliphatic carbocycles. The van der Waals surface area contributed by atoms with E-state index >= 15 is 0 Å². The predicted molar refractivity (Wildman–Crippen MR) is 114 cm³/mol. The van der Waals surface area contributed by atoms with E-state index in [1.165, 1.54) is 0 Å². The lowest BCUT2D eigenvalue weighted by molar-refractivity contribution is -0.136. The van der Waals surface area contributed by atoms with E-state index in [1.807, 2.05) is 0 Å². The molecule has 2 heterocycles. The van der Waals surface area contributed by atoms with E-state index < -0.39 is 29.7 Å². The maximum Gasteiger partial charge on any atom is 0.262 e. The van der Waals surface area contributed by atoms with Gasteiger partial charge in [-0.2, -0.15) is 0 Å². The number of anilines is 1. The number of fused-ring (bicyclic) bond motifs is 1. The monoisotopic (exact) mass is 447 g/mol. The highest BCUT2D eigenvalue weighted by atomic mass is 16.5. The molecule has 0 bridgehead atoms. The molecule has 1 unspecified atom stereocenters. The Hall–Kier alpha value is -2.82. The fraction of sp³-hybridized carbons (Fsp3) is 0.545. The van der Waals surface area contributed by atoms with Crippen molar-refractivity contribution in [2.45, 2.75) is 32.2 Å². The number of hydrogen-bond acceptors (Lipinski definition) is 8. The van der Waals surface area contributed by atoms with Crippen LogP contribution in [0, 0.1) is 0 Å². The lowest BCUT2D eigenvalue weighted by Crippen LogP contribution is -2.54. The van der Waals surface area contributed by atoms with E-state index in [-0.39, 0.29) is 24.0 Å². The van der Waals surface area contributed by atoms with Crippen molar-refractivity contribution >= 4 is 29.3 Å². The van der Waals surface area contributed by atoms with Crippen LogP contribution < -0.4 is 10.6 Å². The molecule has 2 N–H and O–H groups in total. The van der Waals surface area contributed by atoms with Crippen molar-refractivity contribution in [3.05, 3.63) is 29.3 Å². The first-order valence-corrected chi connectivity index (χ1v) is 10.9. The van der Waals surface area contributed by atoms with Gasteiger partial charge in [0, 0.05) is 25.3 Å². The average Bonchev–Trinajstić information content (AvgIpc) is 3.02. The molecule has 1 atom stereocenters. The Morgan fingerprint density at radius 2 is 1.59 bits per heavy atom.